The first-order valence-corrected chi connectivity index (χ1v) is 28.2. The van der Waals surface area contributed by atoms with Crippen LogP contribution in [0.25, 0.3) is 0 Å². The Morgan fingerprint density at radius 3 is 0.952 bits per heavy atom. The van der Waals surface area contributed by atoms with Crippen LogP contribution >= 0.6 is 0 Å². The van der Waals surface area contributed by atoms with Crippen LogP contribution in [0.5, 0.6) is 40.2 Å². The van der Waals surface area contributed by atoms with Crippen LogP contribution in [0.4, 0.5) is 0 Å². The third kappa shape index (κ3) is 25.7. The third-order valence-corrected chi connectivity index (χ3v) is 12.3. The van der Waals surface area contributed by atoms with E-state index in [4.69, 9.17) is 52.1 Å². The Bertz CT molecular complexity index is 2880. The molecule has 5 rings (SSSR count). The van der Waals surface area contributed by atoms with E-state index in [2.05, 4.69) is 19.7 Å². The Morgan fingerprint density at radius 2 is 0.571 bits per heavy atom. The molecule has 5 aromatic carbocycles. The Labute approximate surface area is 490 Å². The fraction of sp³-hybridized carbons (Fsp3) is 0.348. The highest BCUT2D eigenvalue weighted by Crippen LogP contribution is 2.28. The lowest BCUT2D eigenvalue weighted by Crippen LogP contribution is -2.15. The zero-order valence-corrected chi connectivity index (χ0v) is 47.4. The second-order valence-electron chi connectivity index (χ2n) is 18.8. The molecule has 446 valence electrons. The molecule has 0 N–H and O–H groups in total. The maximum atomic E-state index is 13.7. The Morgan fingerprint density at radius 1 is 0.286 bits per heavy atom. The molecular formula is C66H74O18. The summed E-state index contributed by atoms with van der Waals surface area (Å²) in [6.45, 7) is 12.7. The van der Waals surface area contributed by atoms with E-state index >= 15 is 0 Å². The fourth-order valence-corrected chi connectivity index (χ4v) is 7.76. The van der Waals surface area contributed by atoms with Gasteiger partial charge >= 0.3 is 41.8 Å². The lowest BCUT2D eigenvalue weighted by atomic mass is 10.1. The molecule has 0 unspecified atom stereocenters. The van der Waals surface area contributed by atoms with Crippen molar-refractivity contribution in [1.82, 2.24) is 0 Å². The highest BCUT2D eigenvalue weighted by molar-refractivity contribution is 5.97. The van der Waals surface area contributed by atoms with Gasteiger partial charge in [0.05, 0.1) is 69.5 Å². The van der Waals surface area contributed by atoms with Crippen molar-refractivity contribution in [3.8, 4) is 40.2 Å². The first-order valence-electron chi connectivity index (χ1n) is 28.2. The zero-order valence-electron chi connectivity index (χ0n) is 47.4. The SMILES string of the molecule is C=CC(=O)OCCCCCCCOc1ccc(C(=O)Oc2ccc(OC(=O)c3ccc(OCCCCCCCOC(=O)C=C)cc3)c(C(=O)OCCCOc3ccc(OC(=O)c4ccc(OCCCCCCOC(=O)C=C)cc4)cc3)c2)cc1. The number of hydrogen-bond acceptors (Lipinski definition) is 18. The topological polar surface area (TPSA) is 221 Å². The Hall–Kier alpha value is -9.19. The van der Waals surface area contributed by atoms with E-state index in [9.17, 15) is 33.6 Å². The van der Waals surface area contributed by atoms with Gasteiger partial charge in [0.25, 0.3) is 0 Å². The maximum absolute atomic E-state index is 13.7. The summed E-state index contributed by atoms with van der Waals surface area (Å²) >= 11 is 0. The second-order valence-corrected chi connectivity index (χ2v) is 18.8. The van der Waals surface area contributed by atoms with Gasteiger partial charge in [-0.3, -0.25) is 0 Å². The number of carbonyl (C=O) groups is 7. The minimum Gasteiger partial charge on any atom is -0.494 e. The fourth-order valence-electron chi connectivity index (χ4n) is 7.76. The Balaban J connectivity index is 1.09. The normalized spacial score (nSPS) is 10.5. The predicted molar refractivity (Wildman–Crippen MR) is 312 cm³/mol. The van der Waals surface area contributed by atoms with Gasteiger partial charge in [-0.15, -0.1) is 0 Å². The van der Waals surface area contributed by atoms with E-state index in [-0.39, 0.29) is 47.8 Å². The summed E-state index contributed by atoms with van der Waals surface area (Å²) in [6.07, 6.45) is 15.9. The largest absolute Gasteiger partial charge is 0.494 e. The predicted octanol–water partition coefficient (Wildman–Crippen LogP) is 12.8. The van der Waals surface area contributed by atoms with Crippen LogP contribution in [0.1, 0.15) is 138 Å². The van der Waals surface area contributed by atoms with E-state index < -0.39 is 41.8 Å². The molecular weight excluding hydrogens is 1080 g/mol. The molecule has 0 aliphatic carbocycles. The number of esters is 7. The molecule has 0 bridgehead atoms. The van der Waals surface area contributed by atoms with Gasteiger partial charge in [0.2, 0.25) is 0 Å². The van der Waals surface area contributed by atoms with Crippen molar-refractivity contribution in [3.05, 3.63) is 175 Å². The smallest absolute Gasteiger partial charge is 0.343 e. The number of carbonyl (C=O) groups excluding carboxylic acids is 7. The summed E-state index contributed by atoms with van der Waals surface area (Å²) < 4.78 is 60.8. The van der Waals surface area contributed by atoms with Crippen LogP contribution in [0, 0.1) is 0 Å². The lowest BCUT2D eigenvalue weighted by Gasteiger charge is -2.13. The number of rotatable bonds is 41. The van der Waals surface area contributed by atoms with E-state index in [0.717, 1.165) is 108 Å². The molecule has 0 saturated carbocycles. The number of unbranched alkanes of at least 4 members (excludes halogenated alkanes) is 11. The van der Waals surface area contributed by atoms with E-state index in [1.54, 1.807) is 97.1 Å². The van der Waals surface area contributed by atoms with Crippen LogP contribution in [-0.4, -0.2) is 94.6 Å². The molecule has 84 heavy (non-hydrogen) atoms. The van der Waals surface area contributed by atoms with Crippen LogP contribution < -0.4 is 33.2 Å². The van der Waals surface area contributed by atoms with Crippen LogP contribution in [0.3, 0.4) is 0 Å². The molecule has 5 aromatic rings. The molecule has 0 radical (unpaired) electrons. The lowest BCUT2D eigenvalue weighted by molar-refractivity contribution is -0.138. The third-order valence-electron chi connectivity index (χ3n) is 12.3. The molecule has 0 amide bonds. The van der Waals surface area contributed by atoms with Gasteiger partial charge in [-0.05, 0) is 167 Å². The average Bonchev–Trinajstić information content (AvgIpc) is 3.53. The highest BCUT2D eigenvalue weighted by atomic mass is 16.6. The van der Waals surface area contributed by atoms with Crippen molar-refractivity contribution >= 4 is 41.8 Å². The monoisotopic (exact) mass is 1150 g/mol. The molecule has 18 nitrogen and oxygen atoms in total. The molecule has 0 atom stereocenters. The summed E-state index contributed by atoms with van der Waals surface area (Å²) in [5.41, 5.74) is 0.572. The number of hydrogen-bond donors (Lipinski definition) is 0. The van der Waals surface area contributed by atoms with E-state index in [1.807, 2.05) is 0 Å². The Kier molecular flexibility index (Phi) is 30.1. The molecule has 0 aromatic heterocycles. The van der Waals surface area contributed by atoms with Gasteiger partial charge in [-0.25, -0.2) is 33.6 Å². The van der Waals surface area contributed by atoms with Crippen molar-refractivity contribution in [2.75, 3.05) is 52.9 Å². The van der Waals surface area contributed by atoms with Gasteiger partial charge in [0.1, 0.15) is 45.8 Å². The average molecular weight is 1160 g/mol. The van der Waals surface area contributed by atoms with Crippen molar-refractivity contribution < 1.29 is 85.7 Å². The number of ether oxygens (including phenoxy) is 11. The molecule has 18 heteroatoms. The summed E-state index contributed by atoms with van der Waals surface area (Å²) in [5, 5.41) is 0. The zero-order chi connectivity index (χ0) is 60.0. The highest BCUT2D eigenvalue weighted by Gasteiger charge is 2.21. The molecule has 0 aliphatic rings. The molecule has 0 fully saturated rings. The summed E-state index contributed by atoms with van der Waals surface area (Å²) in [6, 6.07) is 29.9. The molecule has 0 saturated heterocycles. The summed E-state index contributed by atoms with van der Waals surface area (Å²) in [5.74, 6) is -1.77. The first-order chi connectivity index (χ1) is 40.9. The van der Waals surface area contributed by atoms with Gasteiger partial charge in [-0.1, -0.05) is 58.3 Å². The molecule has 0 aliphatic heterocycles. The van der Waals surface area contributed by atoms with Crippen molar-refractivity contribution in [3.63, 3.8) is 0 Å². The quantitative estimate of drug-likeness (QED) is 0.0117. The van der Waals surface area contributed by atoms with Crippen LogP contribution in [0.15, 0.2) is 153 Å². The van der Waals surface area contributed by atoms with Gasteiger partial charge in [0, 0.05) is 24.6 Å². The standard InChI is InChI=1S/C66H74O18/c1-4-60(67)78-43-18-11-7-9-15-40-74-53-30-24-50(25-31-53)64(71)83-57-38-39-59(84-65(72)51-26-32-54(33-27-51)75-41-16-10-8-12-19-44-79-61(68)5-2)58(48-57)66(73)81-47-21-46-77-55-34-36-56(37-35-55)82-63(70)49-22-28-52(29-23-49)76-42-17-13-14-20-45-80-62(69)6-3/h4-6,22-39,48H,1-3,7-21,40-47H2. The van der Waals surface area contributed by atoms with Crippen LogP contribution in [-0.2, 0) is 33.3 Å². The maximum Gasteiger partial charge on any atom is 0.343 e. The number of benzene rings is 5. The molecule has 0 heterocycles. The van der Waals surface area contributed by atoms with E-state index in [1.165, 1.54) is 18.2 Å². The minimum absolute atomic E-state index is 0.0101. The van der Waals surface area contributed by atoms with Crippen molar-refractivity contribution in [1.29, 1.82) is 0 Å². The first kappa shape index (κ1) is 65.6. The summed E-state index contributed by atoms with van der Waals surface area (Å²) in [7, 11) is 0. The van der Waals surface area contributed by atoms with Crippen molar-refractivity contribution in [2.24, 2.45) is 0 Å². The second kappa shape index (κ2) is 38.5. The van der Waals surface area contributed by atoms with Gasteiger partial charge in [0.15, 0.2) is 0 Å². The molecule has 0 spiro atoms. The van der Waals surface area contributed by atoms with E-state index in [0.29, 0.717) is 74.0 Å². The van der Waals surface area contributed by atoms with Crippen LogP contribution in [0.2, 0.25) is 0 Å². The van der Waals surface area contributed by atoms with Crippen molar-refractivity contribution in [2.45, 2.75) is 96.3 Å². The van der Waals surface area contributed by atoms with Gasteiger partial charge in [-0.2, -0.15) is 0 Å². The summed E-state index contributed by atoms with van der Waals surface area (Å²) in [4.78, 5) is 86.8. The van der Waals surface area contributed by atoms with Gasteiger partial charge < -0.3 is 52.1 Å². The minimum atomic E-state index is -0.853.